The first kappa shape index (κ1) is 14.3. The number of rotatable bonds is 3. The Morgan fingerprint density at radius 1 is 1.00 bits per heavy atom. The molecule has 0 saturated carbocycles. The molecule has 22 heavy (non-hydrogen) atoms. The van der Waals surface area contributed by atoms with Gasteiger partial charge >= 0.3 is 0 Å². The number of nitrogens with one attached hydrogen (secondary N) is 1. The van der Waals surface area contributed by atoms with E-state index in [1.54, 1.807) is 6.07 Å². The van der Waals surface area contributed by atoms with Crippen molar-refractivity contribution in [3.05, 3.63) is 59.7 Å². The van der Waals surface area contributed by atoms with Gasteiger partial charge in [0.2, 0.25) is 5.91 Å². The number of hydrogen-bond acceptors (Lipinski definition) is 3. The van der Waals surface area contributed by atoms with Gasteiger partial charge in [-0.2, -0.15) is 0 Å². The predicted molar refractivity (Wildman–Crippen MR) is 86.9 cm³/mol. The minimum Gasteiger partial charge on any atom is -0.373 e. The third kappa shape index (κ3) is 2.72. The van der Waals surface area contributed by atoms with E-state index in [1.807, 2.05) is 56.3 Å². The molecule has 2 aromatic rings. The zero-order chi connectivity index (χ0) is 15.7. The second-order valence-electron chi connectivity index (χ2n) is 5.68. The van der Waals surface area contributed by atoms with Crippen molar-refractivity contribution in [1.29, 1.82) is 0 Å². The Bertz CT molecular complexity index is 739. The zero-order valence-corrected chi connectivity index (χ0v) is 12.7. The minimum atomic E-state index is -0.505. The summed E-state index contributed by atoms with van der Waals surface area (Å²) in [5, 5.41) is 3.16. The van der Waals surface area contributed by atoms with Crippen LogP contribution in [0.25, 0.3) is 0 Å². The van der Waals surface area contributed by atoms with E-state index in [9.17, 15) is 9.59 Å². The zero-order valence-electron chi connectivity index (χ0n) is 12.7. The summed E-state index contributed by atoms with van der Waals surface area (Å²) in [5.41, 5.74) is 3.63. The van der Waals surface area contributed by atoms with E-state index in [-0.39, 0.29) is 18.2 Å². The number of imide groups is 1. The molecule has 4 nitrogen and oxygen atoms in total. The summed E-state index contributed by atoms with van der Waals surface area (Å²) in [4.78, 5) is 26.1. The number of carbonyl (C=O) groups is 2. The van der Waals surface area contributed by atoms with Crippen molar-refractivity contribution < 1.29 is 9.59 Å². The molecule has 1 fully saturated rings. The normalized spacial score (nSPS) is 17.9. The van der Waals surface area contributed by atoms with E-state index in [2.05, 4.69) is 5.32 Å². The highest BCUT2D eigenvalue weighted by Crippen LogP contribution is 2.25. The van der Waals surface area contributed by atoms with Gasteiger partial charge in [0.05, 0.1) is 12.1 Å². The van der Waals surface area contributed by atoms with E-state index < -0.39 is 6.04 Å². The molecule has 0 aliphatic carbocycles. The van der Waals surface area contributed by atoms with Crippen LogP contribution >= 0.6 is 0 Å². The van der Waals surface area contributed by atoms with E-state index in [4.69, 9.17) is 0 Å². The predicted octanol–water partition coefficient (Wildman–Crippen LogP) is 3.05. The summed E-state index contributed by atoms with van der Waals surface area (Å²) in [6, 6.07) is 14.7. The number of nitrogens with zero attached hydrogens (tertiary/aromatic N) is 1. The summed E-state index contributed by atoms with van der Waals surface area (Å²) >= 11 is 0. The van der Waals surface area contributed by atoms with Gasteiger partial charge in [0.25, 0.3) is 5.91 Å². The molecule has 1 saturated heterocycles. The lowest BCUT2D eigenvalue weighted by molar-refractivity contribution is -0.121. The van der Waals surface area contributed by atoms with Crippen LogP contribution in [0.4, 0.5) is 11.4 Å². The lowest BCUT2D eigenvalue weighted by Crippen LogP contribution is -2.34. The van der Waals surface area contributed by atoms with Crippen LogP contribution in [0.2, 0.25) is 0 Å². The Labute approximate surface area is 129 Å². The average molecular weight is 294 g/mol. The number of amides is 2. The topological polar surface area (TPSA) is 49.4 Å². The number of aryl methyl sites for hydroxylation is 2. The fraction of sp³-hybridized carbons (Fsp3) is 0.222. The van der Waals surface area contributed by atoms with Crippen molar-refractivity contribution in [2.45, 2.75) is 26.3 Å². The molecular weight excluding hydrogens is 276 g/mol. The number of hydrogen-bond donors (Lipinski definition) is 1. The van der Waals surface area contributed by atoms with Crippen LogP contribution in [0, 0.1) is 13.8 Å². The fourth-order valence-electron chi connectivity index (χ4n) is 2.72. The standard InChI is InChI=1S/C18H18N2O2/c1-12-5-3-7-14(9-12)19-16-11-17(21)20(18(16)22)15-8-4-6-13(2)10-15/h3-10,16,19H,11H2,1-2H3/t16-/m1/s1. The van der Waals surface area contributed by atoms with Gasteiger partial charge in [-0.25, -0.2) is 4.90 Å². The maximum absolute atomic E-state index is 12.6. The molecule has 1 aliphatic heterocycles. The van der Waals surface area contributed by atoms with E-state index in [1.165, 1.54) is 4.90 Å². The molecule has 0 aromatic heterocycles. The second-order valence-corrected chi connectivity index (χ2v) is 5.68. The molecule has 4 heteroatoms. The van der Waals surface area contributed by atoms with Gasteiger partial charge in [0.15, 0.2) is 0 Å². The fourth-order valence-corrected chi connectivity index (χ4v) is 2.72. The highest BCUT2D eigenvalue weighted by molar-refractivity contribution is 6.23. The monoisotopic (exact) mass is 294 g/mol. The molecule has 0 radical (unpaired) electrons. The number of benzene rings is 2. The first-order valence-corrected chi connectivity index (χ1v) is 7.31. The summed E-state index contributed by atoms with van der Waals surface area (Å²) in [7, 11) is 0. The SMILES string of the molecule is Cc1cccc(N[C@@H]2CC(=O)N(c3cccc(C)c3)C2=O)c1. The highest BCUT2D eigenvalue weighted by Gasteiger charge is 2.39. The van der Waals surface area contributed by atoms with Gasteiger partial charge in [-0.15, -0.1) is 0 Å². The maximum Gasteiger partial charge on any atom is 0.256 e. The first-order chi connectivity index (χ1) is 10.5. The number of anilines is 2. The quantitative estimate of drug-likeness (QED) is 0.885. The van der Waals surface area contributed by atoms with Crippen LogP contribution in [0.15, 0.2) is 48.5 Å². The largest absolute Gasteiger partial charge is 0.373 e. The van der Waals surface area contributed by atoms with Crippen LogP contribution in [0.3, 0.4) is 0 Å². The van der Waals surface area contributed by atoms with Crippen molar-refractivity contribution >= 4 is 23.2 Å². The first-order valence-electron chi connectivity index (χ1n) is 7.31. The van der Waals surface area contributed by atoms with Crippen LogP contribution < -0.4 is 10.2 Å². The molecule has 1 N–H and O–H groups in total. The Balaban J connectivity index is 1.82. The van der Waals surface area contributed by atoms with Gasteiger partial charge in [-0.3, -0.25) is 9.59 Å². The van der Waals surface area contributed by atoms with Gasteiger partial charge in [-0.05, 0) is 49.2 Å². The smallest absolute Gasteiger partial charge is 0.256 e. The molecule has 1 heterocycles. The van der Waals surface area contributed by atoms with E-state index in [0.717, 1.165) is 16.8 Å². The molecular formula is C18H18N2O2. The third-order valence-corrected chi connectivity index (χ3v) is 3.77. The van der Waals surface area contributed by atoms with Crippen molar-refractivity contribution in [1.82, 2.24) is 0 Å². The Kier molecular flexibility index (Phi) is 3.67. The van der Waals surface area contributed by atoms with Gasteiger partial charge in [0, 0.05) is 5.69 Å². The van der Waals surface area contributed by atoms with Crippen LogP contribution in [-0.2, 0) is 9.59 Å². The van der Waals surface area contributed by atoms with E-state index in [0.29, 0.717) is 5.69 Å². The molecule has 112 valence electrons. The number of carbonyl (C=O) groups excluding carboxylic acids is 2. The molecule has 0 bridgehead atoms. The second kappa shape index (κ2) is 5.64. The molecule has 1 aliphatic rings. The molecule has 2 aromatic carbocycles. The van der Waals surface area contributed by atoms with Crippen LogP contribution in [0.5, 0.6) is 0 Å². The lowest BCUT2D eigenvalue weighted by Gasteiger charge is -2.16. The van der Waals surface area contributed by atoms with Crippen molar-refractivity contribution in [2.24, 2.45) is 0 Å². The molecule has 0 spiro atoms. The van der Waals surface area contributed by atoms with Crippen molar-refractivity contribution in [2.75, 3.05) is 10.2 Å². The van der Waals surface area contributed by atoms with Crippen LogP contribution in [-0.4, -0.2) is 17.9 Å². The van der Waals surface area contributed by atoms with Gasteiger partial charge < -0.3 is 5.32 Å². The molecule has 1 atom stereocenters. The lowest BCUT2D eigenvalue weighted by atomic mass is 10.2. The van der Waals surface area contributed by atoms with Crippen molar-refractivity contribution in [3.8, 4) is 0 Å². The van der Waals surface area contributed by atoms with Gasteiger partial charge in [0.1, 0.15) is 6.04 Å². The Morgan fingerprint density at radius 3 is 2.36 bits per heavy atom. The minimum absolute atomic E-state index is 0.166. The Hall–Kier alpha value is -2.62. The van der Waals surface area contributed by atoms with Crippen molar-refractivity contribution in [3.63, 3.8) is 0 Å². The third-order valence-electron chi connectivity index (χ3n) is 3.77. The summed E-state index contributed by atoms with van der Waals surface area (Å²) < 4.78 is 0. The average Bonchev–Trinajstić information content (AvgIpc) is 2.73. The molecule has 0 unspecified atom stereocenters. The van der Waals surface area contributed by atoms with Crippen LogP contribution in [0.1, 0.15) is 17.5 Å². The molecule has 3 rings (SSSR count). The Morgan fingerprint density at radius 2 is 1.68 bits per heavy atom. The maximum atomic E-state index is 12.6. The summed E-state index contributed by atoms with van der Waals surface area (Å²) in [5.74, 6) is -0.363. The highest BCUT2D eigenvalue weighted by atomic mass is 16.2. The van der Waals surface area contributed by atoms with E-state index >= 15 is 0 Å². The van der Waals surface area contributed by atoms with Gasteiger partial charge in [-0.1, -0.05) is 24.3 Å². The summed E-state index contributed by atoms with van der Waals surface area (Å²) in [6.07, 6.45) is 0.181. The molecule has 2 amide bonds. The summed E-state index contributed by atoms with van der Waals surface area (Å²) in [6.45, 7) is 3.93.